The third-order valence-electron chi connectivity index (χ3n) is 4.13. The summed E-state index contributed by atoms with van der Waals surface area (Å²) in [6.45, 7) is 0.742. The van der Waals surface area contributed by atoms with Crippen LogP contribution in [-0.2, 0) is 6.42 Å². The highest BCUT2D eigenvalue weighted by Gasteiger charge is 2.34. The Morgan fingerprint density at radius 1 is 0.895 bits per heavy atom. The van der Waals surface area contributed by atoms with E-state index in [0.717, 1.165) is 30.9 Å². The van der Waals surface area contributed by atoms with Crippen LogP contribution in [0.5, 0.6) is 11.5 Å². The van der Waals surface area contributed by atoms with Gasteiger partial charge < -0.3 is 9.47 Å². The second-order valence-corrected chi connectivity index (χ2v) is 5.26. The van der Waals surface area contributed by atoms with Gasteiger partial charge >= 0.3 is 0 Å². The van der Waals surface area contributed by atoms with Gasteiger partial charge in [0.05, 0.1) is 12.5 Å². The first kappa shape index (κ1) is 10.9. The first-order valence-corrected chi connectivity index (χ1v) is 6.88. The van der Waals surface area contributed by atoms with Gasteiger partial charge in [-0.2, -0.15) is 0 Å². The van der Waals surface area contributed by atoms with Crippen LogP contribution in [0.4, 0.5) is 0 Å². The molecule has 0 saturated heterocycles. The van der Waals surface area contributed by atoms with E-state index in [1.165, 1.54) is 11.1 Å². The SMILES string of the molecule is c1ccc2c(c1)CCC(C1COc3ccccc31)O2. The van der Waals surface area contributed by atoms with Crippen LogP contribution in [-0.4, -0.2) is 12.7 Å². The van der Waals surface area contributed by atoms with Gasteiger partial charge in [0.2, 0.25) is 0 Å². The first-order valence-electron chi connectivity index (χ1n) is 6.88. The van der Waals surface area contributed by atoms with E-state index in [4.69, 9.17) is 9.47 Å². The molecule has 0 saturated carbocycles. The monoisotopic (exact) mass is 252 g/mol. The molecular formula is C17H16O2. The molecule has 2 unspecified atom stereocenters. The molecule has 0 aromatic heterocycles. The van der Waals surface area contributed by atoms with Crippen molar-refractivity contribution in [2.45, 2.75) is 24.9 Å². The highest BCUT2D eigenvalue weighted by atomic mass is 16.5. The van der Waals surface area contributed by atoms with E-state index in [1.807, 2.05) is 18.2 Å². The predicted octanol–water partition coefficient (Wildman–Crippen LogP) is 3.56. The van der Waals surface area contributed by atoms with Gasteiger partial charge in [0.15, 0.2) is 0 Å². The van der Waals surface area contributed by atoms with Crippen LogP contribution in [0.2, 0.25) is 0 Å². The van der Waals surface area contributed by atoms with Crippen molar-refractivity contribution in [2.24, 2.45) is 0 Å². The Kier molecular flexibility index (Phi) is 2.47. The van der Waals surface area contributed by atoms with Gasteiger partial charge in [-0.1, -0.05) is 36.4 Å². The minimum absolute atomic E-state index is 0.235. The molecule has 0 amide bonds. The predicted molar refractivity (Wildman–Crippen MR) is 73.9 cm³/mol. The zero-order valence-electron chi connectivity index (χ0n) is 10.7. The van der Waals surface area contributed by atoms with E-state index in [0.29, 0.717) is 5.92 Å². The Morgan fingerprint density at radius 3 is 2.63 bits per heavy atom. The van der Waals surface area contributed by atoms with Crippen molar-refractivity contribution < 1.29 is 9.47 Å². The third kappa shape index (κ3) is 1.79. The fourth-order valence-electron chi connectivity index (χ4n) is 3.12. The number of benzene rings is 2. The molecule has 0 N–H and O–H groups in total. The number of para-hydroxylation sites is 2. The molecular weight excluding hydrogens is 236 g/mol. The van der Waals surface area contributed by atoms with Gasteiger partial charge in [-0.05, 0) is 30.5 Å². The van der Waals surface area contributed by atoms with Crippen molar-refractivity contribution in [1.82, 2.24) is 0 Å². The molecule has 2 atom stereocenters. The summed E-state index contributed by atoms with van der Waals surface area (Å²) < 4.78 is 12.0. The van der Waals surface area contributed by atoms with Crippen molar-refractivity contribution >= 4 is 0 Å². The Morgan fingerprint density at radius 2 is 1.68 bits per heavy atom. The molecule has 2 aliphatic rings. The van der Waals surface area contributed by atoms with Crippen molar-refractivity contribution in [3.8, 4) is 11.5 Å². The minimum atomic E-state index is 0.235. The number of hydrogen-bond acceptors (Lipinski definition) is 2. The Bertz CT molecular complexity index is 606. The minimum Gasteiger partial charge on any atom is -0.493 e. The van der Waals surface area contributed by atoms with Crippen LogP contribution in [0.3, 0.4) is 0 Å². The summed E-state index contributed by atoms with van der Waals surface area (Å²) in [5, 5.41) is 0. The lowest BCUT2D eigenvalue weighted by Gasteiger charge is -2.29. The fraction of sp³-hybridized carbons (Fsp3) is 0.294. The molecule has 96 valence electrons. The molecule has 2 aromatic carbocycles. The molecule has 0 radical (unpaired) electrons. The van der Waals surface area contributed by atoms with Crippen LogP contribution in [0.1, 0.15) is 23.5 Å². The Labute approximate surface area is 113 Å². The maximum Gasteiger partial charge on any atom is 0.123 e. The van der Waals surface area contributed by atoms with Crippen LogP contribution >= 0.6 is 0 Å². The van der Waals surface area contributed by atoms with Crippen LogP contribution in [0, 0.1) is 0 Å². The van der Waals surface area contributed by atoms with E-state index in [9.17, 15) is 0 Å². The summed E-state index contributed by atoms with van der Waals surface area (Å²) in [6.07, 6.45) is 2.40. The number of fused-ring (bicyclic) bond motifs is 2. The van der Waals surface area contributed by atoms with Gasteiger partial charge in [-0.3, -0.25) is 0 Å². The van der Waals surface area contributed by atoms with Crippen molar-refractivity contribution in [3.05, 3.63) is 59.7 Å². The third-order valence-corrected chi connectivity index (χ3v) is 4.13. The first-order chi connectivity index (χ1) is 9.42. The zero-order chi connectivity index (χ0) is 12.7. The number of hydrogen-bond donors (Lipinski definition) is 0. The average Bonchev–Trinajstić information content (AvgIpc) is 2.91. The zero-order valence-corrected chi connectivity index (χ0v) is 10.7. The lowest BCUT2D eigenvalue weighted by molar-refractivity contribution is 0.130. The smallest absolute Gasteiger partial charge is 0.123 e. The molecule has 2 nitrogen and oxygen atoms in total. The maximum atomic E-state index is 6.19. The lowest BCUT2D eigenvalue weighted by atomic mass is 9.89. The summed E-state index contributed by atoms with van der Waals surface area (Å²) in [5.41, 5.74) is 2.62. The second-order valence-electron chi connectivity index (χ2n) is 5.26. The number of aryl methyl sites for hydroxylation is 1. The standard InChI is InChI=1S/C17H16O2/c1-3-7-15-12(5-1)9-10-17(19-15)14-11-18-16-8-4-2-6-13(14)16/h1-8,14,17H,9-11H2. The van der Waals surface area contributed by atoms with Gasteiger partial charge in [0, 0.05) is 5.56 Å². The molecule has 0 fully saturated rings. The summed E-state index contributed by atoms with van der Waals surface area (Å²) >= 11 is 0. The van der Waals surface area contributed by atoms with Gasteiger partial charge in [0.25, 0.3) is 0 Å². The van der Waals surface area contributed by atoms with E-state index < -0.39 is 0 Å². The van der Waals surface area contributed by atoms with E-state index in [1.54, 1.807) is 0 Å². The van der Waals surface area contributed by atoms with E-state index in [2.05, 4.69) is 30.3 Å². The average molecular weight is 252 g/mol. The normalized spacial score (nSPS) is 24.0. The molecule has 2 heteroatoms. The van der Waals surface area contributed by atoms with Crippen molar-refractivity contribution in [1.29, 1.82) is 0 Å². The Hall–Kier alpha value is -1.96. The molecule has 0 bridgehead atoms. The van der Waals surface area contributed by atoms with E-state index >= 15 is 0 Å². The molecule has 4 rings (SSSR count). The highest BCUT2D eigenvalue weighted by Crippen LogP contribution is 2.40. The Balaban J connectivity index is 1.63. The van der Waals surface area contributed by atoms with Crippen LogP contribution in [0.25, 0.3) is 0 Å². The summed E-state index contributed by atoms with van der Waals surface area (Å²) in [4.78, 5) is 0. The molecule has 2 aliphatic heterocycles. The second kappa shape index (κ2) is 4.30. The summed E-state index contributed by atoms with van der Waals surface area (Å²) in [7, 11) is 0. The topological polar surface area (TPSA) is 18.5 Å². The van der Waals surface area contributed by atoms with Crippen molar-refractivity contribution in [3.63, 3.8) is 0 Å². The molecule has 0 aliphatic carbocycles. The van der Waals surface area contributed by atoms with Crippen LogP contribution in [0.15, 0.2) is 48.5 Å². The van der Waals surface area contributed by atoms with E-state index in [-0.39, 0.29) is 6.10 Å². The molecule has 0 spiro atoms. The largest absolute Gasteiger partial charge is 0.493 e. The summed E-state index contributed by atoms with van der Waals surface area (Å²) in [5.74, 6) is 2.43. The molecule has 2 heterocycles. The molecule has 19 heavy (non-hydrogen) atoms. The quantitative estimate of drug-likeness (QED) is 0.772. The van der Waals surface area contributed by atoms with Gasteiger partial charge in [-0.15, -0.1) is 0 Å². The molecule has 2 aromatic rings. The maximum absolute atomic E-state index is 6.19. The van der Waals surface area contributed by atoms with Crippen molar-refractivity contribution in [2.75, 3.05) is 6.61 Å². The number of rotatable bonds is 1. The number of ether oxygens (including phenoxy) is 2. The van der Waals surface area contributed by atoms with Gasteiger partial charge in [-0.25, -0.2) is 0 Å². The lowest BCUT2D eigenvalue weighted by Crippen LogP contribution is -2.30. The highest BCUT2D eigenvalue weighted by molar-refractivity contribution is 5.42. The summed E-state index contributed by atoms with van der Waals surface area (Å²) in [6, 6.07) is 16.7. The van der Waals surface area contributed by atoms with Gasteiger partial charge in [0.1, 0.15) is 17.6 Å². The fourth-order valence-corrected chi connectivity index (χ4v) is 3.12. The van der Waals surface area contributed by atoms with Crippen LogP contribution < -0.4 is 9.47 Å².